The Kier molecular flexibility index (Phi) is 3.50. The number of hydrogen-bond acceptors (Lipinski definition) is 2. The fourth-order valence-corrected chi connectivity index (χ4v) is 2.75. The predicted octanol–water partition coefficient (Wildman–Crippen LogP) is 3.19. The van der Waals surface area contributed by atoms with Gasteiger partial charge in [0.15, 0.2) is 0 Å². The van der Waals surface area contributed by atoms with Crippen LogP contribution in [0.25, 0.3) is 10.9 Å². The van der Waals surface area contributed by atoms with Gasteiger partial charge in [-0.3, -0.25) is 9.78 Å². The molecule has 0 unspecified atom stereocenters. The molecule has 0 radical (unpaired) electrons. The molecule has 114 valence electrons. The highest BCUT2D eigenvalue weighted by molar-refractivity contribution is 6.06. The van der Waals surface area contributed by atoms with Gasteiger partial charge in [-0.15, -0.1) is 0 Å². The molecule has 0 atom stereocenters. The number of rotatable bonds is 3. The second-order valence-electron chi connectivity index (χ2n) is 5.95. The van der Waals surface area contributed by atoms with Crippen molar-refractivity contribution in [3.05, 3.63) is 72.0 Å². The molecule has 0 spiro atoms. The lowest BCUT2D eigenvalue weighted by molar-refractivity contribution is 0.0998. The van der Waals surface area contributed by atoms with Gasteiger partial charge in [-0.2, -0.15) is 4.99 Å². The number of benzene rings is 1. The normalized spacial score (nSPS) is 15.0. The maximum absolute atomic E-state index is 12.7. The molecule has 0 saturated heterocycles. The number of para-hydroxylation sites is 1. The molecule has 23 heavy (non-hydrogen) atoms. The van der Waals surface area contributed by atoms with Crippen LogP contribution in [0, 0.1) is 5.92 Å². The summed E-state index contributed by atoms with van der Waals surface area (Å²) >= 11 is 0. The van der Waals surface area contributed by atoms with E-state index in [0.717, 1.165) is 23.4 Å². The Morgan fingerprint density at radius 1 is 1.13 bits per heavy atom. The third kappa shape index (κ3) is 2.93. The van der Waals surface area contributed by atoms with Crippen molar-refractivity contribution >= 4 is 16.8 Å². The van der Waals surface area contributed by atoms with Crippen molar-refractivity contribution in [1.82, 2.24) is 9.55 Å². The van der Waals surface area contributed by atoms with Gasteiger partial charge in [0.2, 0.25) is 0 Å². The van der Waals surface area contributed by atoms with Crippen LogP contribution in [0.3, 0.4) is 0 Å². The zero-order chi connectivity index (χ0) is 15.6. The summed E-state index contributed by atoms with van der Waals surface area (Å²) in [5.41, 5.74) is 2.12. The third-order valence-electron chi connectivity index (χ3n) is 4.16. The molecule has 0 N–H and O–H groups in total. The molecule has 4 rings (SSSR count). The standard InChI is InChI=1S/C19H17N3O/c23-19(16-10-11-20-17-6-2-1-5-15(16)17)21-18-7-3-4-12-22(18)13-14-8-9-14/h1-7,10-12,14H,8-9,13H2/b21-18+. The Balaban J connectivity index is 1.77. The largest absolute Gasteiger partial charge is 0.333 e. The summed E-state index contributed by atoms with van der Waals surface area (Å²) in [6, 6.07) is 15.2. The summed E-state index contributed by atoms with van der Waals surface area (Å²) in [7, 11) is 0. The van der Waals surface area contributed by atoms with Gasteiger partial charge in [-0.05, 0) is 43.0 Å². The van der Waals surface area contributed by atoms with E-state index in [1.807, 2.05) is 48.7 Å². The first-order valence-electron chi connectivity index (χ1n) is 7.89. The van der Waals surface area contributed by atoms with Gasteiger partial charge in [0.25, 0.3) is 5.91 Å². The number of nitrogens with zero attached hydrogens (tertiary/aromatic N) is 3. The number of hydrogen-bond donors (Lipinski definition) is 0. The van der Waals surface area contributed by atoms with E-state index in [2.05, 4.69) is 14.5 Å². The minimum absolute atomic E-state index is 0.223. The lowest BCUT2D eigenvalue weighted by Gasteiger charge is -2.06. The van der Waals surface area contributed by atoms with E-state index in [-0.39, 0.29) is 5.91 Å². The summed E-state index contributed by atoms with van der Waals surface area (Å²) in [6.07, 6.45) is 6.19. The molecule has 1 aliphatic rings. The average Bonchev–Trinajstić information content (AvgIpc) is 3.40. The number of pyridine rings is 2. The zero-order valence-electron chi connectivity index (χ0n) is 12.7. The molecule has 1 amide bonds. The van der Waals surface area contributed by atoms with Gasteiger partial charge >= 0.3 is 0 Å². The fourth-order valence-electron chi connectivity index (χ4n) is 2.75. The van der Waals surface area contributed by atoms with E-state index in [1.54, 1.807) is 12.3 Å². The van der Waals surface area contributed by atoms with E-state index in [1.165, 1.54) is 12.8 Å². The SMILES string of the molecule is O=C(/N=c1\ccccn1CC1CC1)c1ccnc2ccccc12. The van der Waals surface area contributed by atoms with E-state index in [0.29, 0.717) is 11.1 Å². The minimum atomic E-state index is -0.223. The van der Waals surface area contributed by atoms with Crippen LogP contribution in [-0.4, -0.2) is 15.5 Å². The molecule has 1 aromatic carbocycles. The number of carbonyl (C=O) groups excluding carboxylic acids is 1. The maximum atomic E-state index is 12.7. The molecule has 0 aliphatic heterocycles. The summed E-state index contributed by atoms with van der Waals surface area (Å²) < 4.78 is 2.07. The predicted molar refractivity (Wildman–Crippen MR) is 88.8 cm³/mol. The first kappa shape index (κ1) is 13.9. The summed E-state index contributed by atoms with van der Waals surface area (Å²) in [6.45, 7) is 0.935. The van der Waals surface area contributed by atoms with Crippen LogP contribution in [0.2, 0.25) is 0 Å². The van der Waals surface area contributed by atoms with Gasteiger partial charge in [0.1, 0.15) is 5.49 Å². The van der Waals surface area contributed by atoms with E-state index < -0.39 is 0 Å². The zero-order valence-corrected chi connectivity index (χ0v) is 12.7. The van der Waals surface area contributed by atoms with Crippen LogP contribution >= 0.6 is 0 Å². The molecule has 3 aromatic rings. The Morgan fingerprint density at radius 3 is 2.83 bits per heavy atom. The van der Waals surface area contributed by atoms with E-state index in [9.17, 15) is 4.79 Å². The molecule has 1 aliphatic carbocycles. The van der Waals surface area contributed by atoms with Crippen LogP contribution in [0.15, 0.2) is 65.9 Å². The maximum Gasteiger partial charge on any atom is 0.279 e. The van der Waals surface area contributed by atoms with Crippen molar-refractivity contribution in [2.45, 2.75) is 19.4 Å². The quantitative estimate of drug-likeness (QED) is 0.746. The van der Waals surface area contributed by atoms with Gasteiger partial charge in [0.05, 0.1) is 11.1 Å². The highest BCUT2D eigenvalue weighted by Gasteiger charge is 2.21. The molecule has 4 nitrogen and oxygen atoms in total. The van der Waals surface area contributed by atoms with Crippen LogP contribution in [0.1, 0.15) is 23.2 Å². The molecule has 0 bridgehead atoms. The minimum Gasteiger partial charge on any atom is -0.333 e. The molecule has 4 heteroatoms. The highest BCUT2D eigenvalue weighted by Crippen LogP contribution is 2.29. The molecule has 2 heterocycles. The Morgan fingerprint density at radius 2 is 1.96 bits per heavy atom. The van der Waals surface area contributed by atoms with Crippen molar-refractivity contribution in [2.75, 3.05) is 0 Å². The number of carbonyl (C=O) groups is 1. The molecular formula is C19H17N3O. The van der Waals surface area contributed by atoms with Gasteiger partial charge < -0.3 is 4.57 Å². The van der Waals surface area contributed by atoms with Crippen LogP contribution in [0.4, 0.5) is 0 Å². The van der Waals surface area contributed by atoms with E-state index in [4.69, 9.17) is 0 Å². The lowest BCUT2D eigenvalue weighted by atomic mass is 10.1. The lowest BCUT2D eigenvalue weighted by Crippen LogP contribution is -2.22. The number of amides is 1. The Labute approximate surface area is 134 Å². The molecule has 1 fully saturated rings. The molecule has 2 aromatic heterocycles. The molecule has 1 saturated carbocycles. The second-order valence-corrected chi connectivity index (χ2v) is 5.95. The van der Waals surface area contributed by atoms with Crippen molar-refractivity contribution in [1.29, 1.82) is 0 Å². The van der Waals surface area contributed by atoms with Crippen LogP contribution < -0.4 is 5.49 Å². The topological polar surface area (TPSA) is 47.2 Å². The summed E-state index contributed by atoms with van der Waals surface area (Å²) in [5, 5.41) is 0.841. The number of aromatic nitrogens is 2. The summed E-state index contributed by atoms with van der Waals surface area (Å²) in [5.74, 6) is 0.507. The van der Waals surface area contributed by atoms with Crippen molar-refractivity contribution < 1.29 is 4.79 Å². The van der Waals surface area contributed by atoms with Gasteiger partial charge in [-0.25, -0.2) is 0 Å². The Hall–Kier alpha value is -2.75. The van der Waals surface area contributed by atoms with Crippen molar-refractivity contribution in [3.63, 3.8) is 0 Å². The second kappa shape index (κ2) is 5.80. The Bertz CT molecular complexity index is 933. The summed E-state index contributed by atoms with van der Waals surface area (Å²) in [4.78, 5) is 21.3. The van der Waals surface area contributed by atoms with Crippen LogP contribution in [-0.2, 0) is 6.54 Å². The van der Waals surface area contributed by atoms with Gasteiger partial charge in [-0.1, -0.05) is 24.3 Å². The van der Waals surface area contributed by atoms with Crippen molar-refractivity contribution in [2.24, 2.45) is 10.9 Å². The average molecular weight is 303 g/mol. The fraction of sp³-hybridized carbons (Fsp3) is 0.211. The van der Waals surface area contributed by atoms with Gasteiger partial charge in [0, 0.05) is 24.3 Å². The monoisotopic (exact) mass is 303 g/mol. The number of fused-ring (bicyclic) bond motifs is 1. The third-order valence-corrected chi connectivity index (χ3v) is 4.16. The first-order chi connectivity index (χ1) is 11.3. The van der Waals surface area contributed by atoms with Crippen molar-refractivity contribution in [3.8, 4) is 0 Å². The first-order valence-corrected chi connectivity index (χ1v) is 7.89. The van der Waals surface area contributed by atoms with Crippen LogP contribution in [0.5, 0.6) is 0 Å². The smallest absolute Gasteiger partial charge is 0.279 e. The van der Waals surface area contributed by atoms with E-state index >= 15 is 0 Å². The molecular weight excluding hydrogens is 286 g/mol. The highest BCUT2D eigenvalue weighted by atomic mass is 16.1.